The van der Waals surface area contributed by atoms with Crippen LogP contribution in [0.25, 0.3) is 16.6 Å². The number of aromatic nitrogens is 2. The van der Waals surface area contributed by atoms with Crippen LogP contribution in [0.3, 0.4) is 0 Å². The minimum absolute atomic E-state index is 0.165. The van der Waals surface area contributed by atoms with Gasteiger partial charge in [0, 0.05) is 43.1 Å². The summed E-state index contributed by atoms with van der Waals surface area (Å²) in [6.45, 7) is 8.21. The topological polar surface area (TPSA) is 21.1 Å². The lowest BCUT2D eigenvalue weighted by atomic mass is 9.85. The molecule has 0 N–H and O–H groups in total. The van der Waals surface area contributed by atoms with Crippen molar-refractivity contribution >= 4 is 10.9 Å². The quantitative estimate of drug-likeness (QED) is 0.459. The van der Waals surface area contributed by atoms with Gasteiger partial charge in [0.15, 0.2) is 0 Å². The van der Waals surface area contributed by atoms with Gasteiger partial charge in [-0.1, -0.05) is 20.3 Å². The zero-order valence-electron chi connectivity index (χ0n) is 19.3. The number of halogens is 1. The molecule has 2 unspecified atom stereocenters. The third-order valence-corrected chi connectivity index (χ3v) is 8.52. The molecule has 1 aromatic carbocycles. The molecule has 1 aliphatic heterocycles. The van der Waals surface area contributed by atoms with Gasteiger partial charge in [0.25, 0.3) is 0 Å². The number of benzene rings is 1. The molecule has 0 radical (unpaired) electrons. The molecule has 3 heterocycles. The smallest absolute Gasteiger partial charge is 0.123 e. The molecule has 1 saturated heterocycles. The molecule has 6 rings (SSSR count). The Labute approximate surface area is 190 Å². The van der Waals surface area contributed by atoms with E-state index in [1.165, 1.54) is 62.7 Å². The van der Waals surface area contributed by atoms with Crippen molar-refractivity contribution in [2.24, 2.45) is 17.8 Å². The van der Waals surface area contributed by atoms with Crippen LogP contribution in [-0.4, -0.2) is 34.1 Å². The number of hydrogen-bond donors (Lipinski definition) is 0. The van der Waals surface area contributed by atoms with Crippen LogP contribution in [0.1, 0.15) is 68.9 Å². The lowest BCUT2D eigenvalue weighted by Gasteiger charge is -2.30. The predicted molar refractivity (Wildman–Crippen MR) is 128 cm³/mol. The molecule has 0 bridgehead atoms. The fourth-order valence-electron chi connectivity index (χ4n) is 6.67. The summed E-state index contributed by atoms with van der Waals surface area (Å²) in [6, 6.07) is 7.39. The lowest BCUT2D eigenvalue weighted by molar-refractivity contribution is 0.194. The summed E-state index contributed by atoms with van der Waals surface area (Å²) in [5, 5.41) is 1.32. The van der Waals surface area contributed by atoms with Crippen LogP contribution in [0.2, 0.25) is 0 Å². The molecule has 168 valence electrons. The molecular weight excluding hydrogens is 397 g/mol. The van der Waals surface area contributed by atoms with Crippen LogP contribution in [0.5, 0.6) is 0 Å². The van der Waals surface area contributed by atoms with E-state index in [1.807, 2.05) is 18.5 Å². The fourth-order valence-corrected chi connectivity index (χ4v) is 6.67. The lowest BCUT2D eigenvalue weighted by Crippen LogP contribution is -2.31. The summed E-state index contributed by atoms with van der Waals surface area (Å²) >= 11 is 0. The molecule has 3 aromatic rings. The third-order valence-electron chi connectivity index (χ3n) is 8.52. The van der Waals surface area contributed by atoms with Gasteiger partial charge in [0.1, 0.15) is 5.82 Å². The van der Waals surface area contributed by atoms with E-state index in [2.05, 4.69) is 40.6 Å². The van der Waals surface area contributed by atoms with Crippen LogP contribution in [0.4, 0.5) is 4.39 Å². The van der Waals surface area contributed by atoms with Crippen LogP contribution in [0, 0.1) is 23.6 Å². The van der Waals surface area contributed by atoms with Crippen LogP contribution < -0.4 is 0 Å². The van der Waals surface area contributed by atoms with Crippen molar-refractivity contribution in [1.29, 1.82) is 0 Å². The third kappa shape index (κ3) is 3.48. The van der Waals surface area contributed by atoms with Crippen LogP contribution in [-0.2, 0) is 0 Å². The summed E-state index contributed by atoms with van der Waals surface area (Å²) in [5.41, 5.74) is 4.73. The fraction of sp³-hybridized carbons (Fsp3) is 0.536. The predicted octanol–water partition coefficient (Wildman–Crippen LogP) is 6.51. The van der Waals surface area contributed by atoms with E-state index < -0.39 is 0 Å². The Morgan fingerprint density at radius 1 is 1.09 bits per heavy atom. The van der Waals surface area contributed by atoms with Crippen molar-refractivity contribution in [1.82, 2.24) is 14.5 Å². The highest BCUT2D eigenvalue weighted by molar-refractivity contribution is 5.85. The summed E-state index contributed by atoms with van der Waals surface area (Å²) in [5.74, 6) is 3.37. The highest BCUT2D eigenvalue weighted by atomic mass is 19.1. The average molecular weight is 432 g/mol. The zero-order chi connectivity index (χ0) is 21.8. The van der Waals surface area contributed by atoms with Crippen LogP contribution in [0.15, 0.2) is 42.9 Å². The molecule has 0 spiro atoms. The van der Waals surface area contributed by atoms with Gasteiger partial charge in [-0.2, -0.15) is 0 Å². The van der Waals surface area contributed by atoms with E-state index in [9.17, 15) is 4.39 Å². The summed E-state index contributed by atoms with van der Waals surface area (Å²) < 4.78 is 16.3. The molecule has 2 aliphatic carbocycles. The monoisotopic (exact) mass is 431 g/mol. The number of rotatable bonds is 5. The Morgan fingerprint density at radius 2 is 1.88 bits per heavy atom. The first-order valence-corrected chi connectivity index (χ1v) is 12.5. The molecule has 0 amide bonds. The zero-order valence-corrected chi connectivity index (χ0v) is 19.3. The van der Waals surface area contributed by atoms with Gasteiger partial charge in [-0.3, -0.25) is 4.98 Å². The highest BCUT2D eigenvalue weighted by Crippen LogP contribution is 2.48. The second-order valence-electron chi connectivity index (χ2n) is 10.9. The molecule has 3 nitrogen and oxygen atoms in total. The average Bonchev–Trinajstić information content (AvgIpc) is 3.41. The molecule has 2 atom stereocenters. The standard InChI is InChI=1S/C28H34FN3/c1-18(2)25-12-23(29)6-7-27(25)32-17-26(24-8-9-30-13-28(24)32)20-10-21-15-31(16-22(21)11-20)14-19-4-3-5-19/h6-9,12-13,17-22H,3-5,10-11,14-16H2,1-2H3. The van der Waals surface area contributed by atoms with Gasteiger partial charge in [-0.25, -0.2) is 4.39 Å². The molecule has 2 aromatic heterocycles. The SMILES string of the molecule is CC(C)c1cc(F)ccc1-n1cc(C2CC3CN(CC4CCC4)CC3C2)c2ccncc21. The molecule has 32 heavy (non-hydrogen) atoms. The molecule has 2 saturated carbocycles. The number of nitrogens with zero attached hydrogens (tertiary/aromatic N) is 3. The molecular formula is C28H34FN3. The van der Waals surface area contributed by atoms with E-state index in [4.69, 9.17) is 0 Å². The van der Waals surface area contributed by atoms with E-state index in [1.54, 1.807) is 12.1 Å². The van der Waals surface area contributed by atoms with Crippen molar-refractivity contribution in [3.8, 4) is 5.69 Å². The van der Waals surface area contributed by atoms with Gasteiger partial charge in [0.05, 0.1) is 11.7 Å². The maximum Gasteiger partial charge on any atom is 0.123 e. The van der Waals surface area contributed by atoms with E-state index in [0.717, 1.165) is 34.5 Å². The largest absolute Gasteiger partial charge is 0.314 e. The van der Waals surface area contributed by atoms with Gasteiger partial charge >= 0.3 is 0 Å². The van der Waals surface area contributed by atoms with Crippen molar-refractivity contribution in [2.45, 2.75) is 57.8 Å². The second-order valence-corrected chi connectivity index (χ2v) is 10.9. The first kappa shape index (κ1) is 20.4. The second kappa shape index (κ2) is 7.98. The van der Waals surface area contributed by atoms with Gasteiger partial charge < -0.3 is 9.47 Å². The first-order valence-electron chi connectivity index (χ1n) is 12.5. The van der Waals surface area contributed by atoms with Crippen molar-refractivity contribution < 1.29 is 4.39 Å². The molecule has 3 aliphatic rings. The normalized spacial score (nSPS) is 26.2. The van der Waals surface area contributed by atoms with E-state index >= 15 is 0 Å². The summed E-state index contributed by atoms with van der Waals surface area (Å²) in [4.78, 5) is 7.20. The van der Waals surface area contributed by atoms with Gasteiger partial charge in [-0.15, -0.1) is 0 Å². The Kier molecular flexibility index (Phi) is 5.09. The first-order chi connectivity index (χ1) is 15.6. The van der Waals surface area contributed by atoms with Gasteiger partial charge in [-0.05, 0) is 90.7 Å². The maximum atomic E-state index is 14.0. The van der Waals surface area contributed by atoms with Gasteiger partial charge in [0.2, 0.25) is 0 Å². The molecule has 3 fully saturated rings. The minimum atomic E-state index is -0.165. The van der Waals surface area contributed by atoms with Crippen LogP contribution >= 0.6 is 0 Å². The number of pyridine rings is 1. The Bertz CT molecular complexity index is 1110. The molecule has 4 heteroatoms. The summed E-state index contributed by atoms with van der Waals surface area (Å²) in [6.07, 6.45) is 13.2. The van der Waals surface area contributed by atoms with Crippen molar-refractivity contribution in [2.75, 3.05) is 19.6 Å². The number of likely N-dealkylation sites (tertiary alicyclic amines) is 1. The highest BCUT2D eigenvalue weighted by Gasteiger charge is 2.42. The Morgan fingerprint density at radius 3 is 2.56 bits per heavy atom. The van der Waals surface area contributed by atoms with Crippen molar-refractivity contribution in [3.63, 3.8) is 0 Å². The number of hydrogen-bond acceptors (Lipinski definition) is 2. The van der Waals surface area contributed by atoms with Crippen molar-refractivity contribution in [3.05, 3.63) is 59.8 Å². The maximum absolute atomic E-state index is 14.0. The number of fused-ring (bicyclic) bond motifs is 2. The summed E-state index contributed by atoms with van der Waals surface area (Å²) in [7, 11) is 0. The Balaban J connectivity index is 1.30. The van der Waals surface area contributed by atoms with E-state index in [-0.39, 0.29) is 11.7 Å². The minimum Gasteiger partial charge on any atom is -0.314 e. The van der Waals surface area contributed by atoms with E-state index in [0.29, 0.717) is 5.92 Å². The Hall–Kier alpha value is -2.20.